The van der Waals surface area contributed by atoms with E-state index in [4.69, 9.17) is 28.2 Å². The Morgan fingerprint density at radius 3 is 2.42 bits per heavy atom. The van der Waals surface area contributed by atoms with Gasteiger partial charge in [0.25, 0.3) is 5.56 Å². The van der Waals surface area contributed by atoms with Crippen molar-refractivity contribution in [1.29, 1.82) is 0 Å². The van der Waals surface area contributed by atoms with Crippen LogP contribution in [0.1, 0.15) is 23.3 Å². The van der Waals surface area contributed by atoms with Gasteiger partial charge in [0.1, 0.15) is 4.83 Å². The number of hydrogen-bond donors (Lipinski definition) is 1. The molecule has 1 amide bonds. The lowest BCUT2D eigenvalue weighted by Gasteiger charge is -2.14. The van der Waals surface area contributed by atoms with Crippen molar-refractivity contribution in [1.82, 2.24) is 9.55 Å². The number of aromatic nitrogens is 2. The predicted molar refractivity (Wildman–Crippen MR) is 138 cm³/mol. The minimum absolute atomic E-state index is 0.0951. The molecule has 0 bridgehead atoms. The van der Waals surface area contributed by atoms with E-state index in [2.05, 4.69) is 5.32 Å². The number of benzene rings is 2. The number of fused-ring (bicyclic) bond motifs is 3. The molecule has 0 radical (unpaired) electrons. The van der Waals surface area contributed by atoms with Gasteiger partial charge in [-0.05, 0) is 79.8 Å². The van der Waals surface area contributed by atoms with Crippen LogP contribution in [0.25, 0.3) is 15.9 Å². The van der Waals surface area contributed by atoms with Crippen LogP contribution in [0, 0.1) is 0 Å². The zero-order valence-corrected chi connectivity index (χ0v) is 20.6. The normalized spacial score (nSPS) is 13.2. The van der Waals surface area contributed by atoms with Gasteiger partial charge in [-0.25, -0.2) is 4.98 Å². The van der Waals surface area contributed by atoms with Crippen molar-refractivity contribution in [2.24, 2.45) is 0 Å². The summed E-state index contributed by atoms with van der Waals surface area (Å²) in [6.45, 7) is 0. The van der Waals surface area contributed by atoms with E-state index in [0.29, 0.717) is 32.0 Å². The number of halogens is 2. The number of carbonyl (C=O) groups is 1. The highest BCUT2D eigenvalue weighted by atomic mass is 35.5. The molecule has 33 heavy (non-hydrogen) atoms. The molecule has 9 heteroatoms. The summed E-state index contributed by atoms with van der Waals surface area (Å²) in [6, 6.07) is 14.0. The molecule has 4 aromatic rings. The maximum absolute atomic E-state index is 13.7. The zero-order valence-electron chi connectivity index (χ0n) is 17.4. The van der Waals surface area contributed by atoms with Gasteiger partial charge < -0.3 is 5.32 Å². The standard InChI is InChI=1S/C24H19Cl2N3O2S2/c25-14-5-9-16(10-6-14)27-20(30)13-32-24-28-22-21(18-3-1-2-4-19(18)33-22)23(31)29(24)17-11-7-15(26)8-12-17/h5-12H,1-4,13H2,(H,27,30). The first kappa shape index (κ1) is 22.5. The van der Waals surface area contributed by atoms with E-state index >= 15 is 0 Å². The lowest BCUT2D eigenvalue weighted by atomic mass is 9.97. The Morgan fingerprint density at radius 1 is 1.03 bits per heavy atom. The number of rotatable bonds is 5. The minimum atomic E-state index is -0.190. The fourth-order valence-corrected chi connectivity index (χ4v) is 6.33. The Balaban J connectivity index is 1.51. The highest BCUT2D eigenvalue weighted by Gasteiger charge is 2.23. The third-order valence-corrected chi connectivity index (χ3v) is 8.13. The molecule has 0 saturated carbocycles. The molecular weight excluding hydrogens is 497 g/mol. The highest BCUT2D eigenvalue weighted by molar-refractivity contribution is 7.99. The van der Waals surface area contributed by atoms with Crippen LogP contribution in [0.4, 0.5) is 5.69 Å². The first-order valence-electron chi connectivity index (χ1n) is 10.5. The summed E-state index contributed by atoms with van der Waals surface area (Å²) in [5.74, 6) is -0.0796. The molecule has 1 aliphatic rings. The quantitative estimate of drug-likeness (QED) is 0.248. The topological polar surface area (TPSA) is 64.0 Å². The summed E-state index contributed by atoms with van der Waals surface area (Å²) in [6.07, 6.45) is 4.11. The average molecular weight is 516 g/mol. The lowest BCUT2D eigenvalue weighted by molar-refractivity contribution is -0.113. The molecule has 5 nitrogen and oxygen atoms in total. The Kier molecular flexibility index (Phi) is 6.47. The second kappa shape index (κ2) is 9.50. The van der Waals surface area contributed by atoms with Crippen molar-refractivity contribution in [2.45, 2.75) is 30.8 Å². The van der Waals surface area contributed by atoms with Crippen LogP contribution in [0.5, 0.6) is 0 Å². The SMILES string of the molecule is O=C(CSc1nc2sc3c(c2c(=O)n1-c1ccc(Cl)cc1)CCCC3)Nc1ccc(Cl)cc1. The van der Waals surface area contributed by atoms with E-state index in [1.54, 1.807) is 64.4 Å². The number of nitrogens with zero attached hydrogens (tertiary/aromatic N) is 2. The molecular formula is C24H19Cl2N3O2S2. The molecule has 0 spiro atoms. The number of hydrogen-bond acceptors (Lipinski definition) is 5. The molecule has 2 aromatic heterocycles. The summed E-state index contributed by atoms with van der Waals surface area (Å²) in [7, 11) is 0. The maximum Gasteiger partial charge on any atom is 0.267 e. The fraction of sp³-hybridized carbons (Fsp3) is 0.208. The zero-order chi connectivity index (χ0) is 22.9. The number of amides is 1. The number of nitrogens with one attached hydrogen (secondary N) is 1. The van der Waals surface area contributed by atoms with E-state index in [-0.39, 0.29) is 17.2 Å². The van der Waals surface area contributed by atoms with Crippen LogP contribution in [0.2, 0.25) is 10.0 Å². The molecule has 0 fully saturated rings. The van der Waals surface area contributed by atoms with Gasteiger partial charge in [-0.3, -0.25) is 14.2 Å². The van der Waals surface area contributed by atoms with Gasteiger partial charge in [-0.2, -0.15) is 0 Å². The molecule has 0 saturated heterocycles. The van der Waals surface area contributed by atoms with Crippen LogP contribution >= 0.6 is 46.3 Å². The second-order valence-electron chi connectivity index (χ2n) is 7.75. The number of thioether (sulfide) groups is 1. The summed E-state index contributed by atoms with van der Waals surface area (Å²) >= 11 is 14.8. The van der Waals surface area contributed by atoms with Crippen molar-refractivity contribution in [3.63, 3.8) is 0 Å². The van der Waals surface area contributed by atoms with Gasteiger partial charge in [0, 0.05) is 20.6 Å². The van der Waals surface area contributed by atoms with Crippen molar-refractivity contribution in [2.75, 3.05) is 11.1 Å². The first-order valence-corrected chi connectivity index (χ1v) is 13.1. The van der Waals surface area contributed by atoms with Crippen molar-refractivity contribution < 1.29 is 4.79 Å². The lowest BCUT2D eigenvalue weighted by Crippen LogP contribution is -2.23. The largest absolute Gasteiger partial charge is 0.325 e. The van der Waals surface area contributed by atoms with Gasteiger partial charge in [-0.15, -0.1) is 11.3 Å². The van der Waals surface area contributed by atoms with Crippen LogP contribution in [0.3, 0.4) is 0 Å². The van der Waals surface area contributed by atoms with Crippen LogP contribution < -0.4 is 10.9 Å². The summed E-state index contributed by atoms with van der Waals surface area (Å²) < 4.78 is 1.60. The molecule has 0 atom stereocenters. The number of anilines is 1. The highest BCUT2D eigenvalue weighted by Crippen LogP contribution is 2.35. The van der Waals surface area contributed by atoms with E-state index < -0.39 is 0 Å². The van der Waals surface area contributed by atoms with Crippen LogP contribution in [-0.2, 0) is 17.6 Å². The average Bonchev–Trinajstić information content (AvgIpc) is 3.19. The smallest absolute Gasteiger partial charge is 0.267 e. The number of thiophene rings is 1. The molecule has 2 heterocycles. The van der Waals surface area contributed by atoms with E-state index in [1.807, 2.05) is 0 Å². The maximum atomic E-state index is 13.7. The molecule has 1 N–H and O–H groups in total. The van der Waals surface area contributed by atoms with Gasteiger partial charge in [0.15, 0.2) is 5.16 Å². The van der Waals surface area contributed by atoms with Crippen LogP contribution in [0.15, 0.2) is 58.5 Å². The molecule has 0 aliphatic heterocycles. The summed E-state index contributed by atoms with van der Waals surface area (Å²) in [5.41, 5.74) is 2.38. The Morgan fingerprint density at radius 2 is 1.70 bits per heavy atom. The van der Waals surface area contributed by atoms with Crippen molar-refractivity contribution in [3.8, 4) is 5.69 Å². The van der Waals surface area contributed by atoms with Crippen molar-refractivity contribution >= 4 is 68.1 Å². The van der Waals surface area contributed by atoms with Gasteiger partial charge >= 0.3 is 0 Å². The third-order valence-electron chi connectivity index (χ3n) is 5.50. The van der Waals surface area contributed by atoms with E-state index in [1.165, 1.54) is 16.6 Å². The molecule has 0 unspecified atom stereocenters. The molecule has 168 valence electrons. The van der Waals surface area contributed by atoms with Gasteiger partial charge in [0.05, 0.1) is 16.8 Å². The summed E-state index contributed by atoms with van der Waals surface area (Å²) in [5, 5.41) is 5.23. The molecule has 1 aliphatic carbocycles. The Bertz CT molecular complexity index is 1400. The Hall–Kier alpha value is -2.32. The molecule has 2 aromatic carbocycles. The predicted octanol–water partition coefficient (Wildman–Crippen LogP) is 6.36. The van der Waals surface area contributed by atoms with E-state index in [9.17, 15) is 9.59 Å². The van der Waals surface area contributed by atoms with Crippen molar-refractivity contribution in [3.05, 3.63) is 79.4 Å². The van der Waals surface area contributed by atoms with Gasteiger partial charge in [0.2, 0.25) is 5.91 Å². The minimum Gasteiger partial charge on any atom is -0.325 e. The Labute approximate surface area is 208 Å². The molecule has 5 rings (SSSR count). The number of aryl methyl sites for hydroxylation is 2. The first-order chi connectivity index (χ1) is 16.0. The van der Waals surface area contributed by atoms with Crippen LogP contribution in [-0.4, -0.2) is 21.2 Å². The third kappa shape index (κ3) is 4.68. The monoisotopic (exact) mass is 515 g/mol. The second-order valence-corrected chi connectivity index (χ2v) is 10.6. The van der Waals surface area contributed by atoms with E-state index in [0.717, 1.165) is 36.1 Å². The van der Waals surface area contributed by atoms with Gasteiger partial charge in [-0.1, -0.05) is 35.0 Å². The fourth-order valence-electron chi connectivity index (χ4n) is 3.96. The summed E-state index contributed by atoms with van der Waals surface area (Å²) in [4.78, 5) is 33.1. The number of carbonyl (C=O) groups excluding carboxylic acids is 1.